The van der Waals surface area contributed by atoms with Crippen LogP contribution in [0.15, 0.2) is 60.9 Å². The van der Waals surface area contributed by atoms with Crippen LogP contribution >= 0.6 is 11.6 Å². The summed E-state index contributed by atoms with van der Waals surface area (Å²) in [5.74, 6) is -3.61. The molecule has 1 saturated heterocycles. The number of benzene rings is 2. The number of nitrogens with zero attached hydrogens (tertiary/aromatic N) is 3. The van der Waals surface area contributed by atoms with E-state index in [4.69, 9.17) is 16.3 Å². The Labute approximate surface area is 326 Å². The third kappa shape index (κ3) is 9.29. The number of H-pyrrole nitrogens is 1. The van der Waals surface area contributed by atoms with E-state index in [1.165, 1.54) is 29.6 Å². The molecule has 0 radical (unpaired) electrons. The lowest BCUT2D eigenvalue weighted by Crippen LogP contribution is -2.60. The molecule has 7 rings (SSSR count). The number of aliphatic hydroxyl groups is 1. The maximum atomic E-state index is 14.7. The minimum Gasteiger partial charge on any atom is -0.484 e. The molecular weight excluding hydrogens is 746 g/mol. The molecule has 2 aromatic heterocycles. The van der Waals surface area contributed by atoms with Gasteiger partial charge in [0.25, 0.3) is 11.8 Å². The lowest BCUT2D eigenvalue weighted by Gasteiger charge is -2.30. The van der Waals surface area contributed by atoms with E-state index in [1.807, 2.05) is 24.3 Å². The van der Waals surface area contributed by atoms with Crippen molar-refractivity contribution in [1.29, 1.82) is 0 Å². The van der Waals surface area contributed by atoms with Crippen molar-refractivity contribution in [2.24, 2.45) is 7.05 Å². The number of aryl methyl sites for hydroxylation is 1. The van der Waals surface area contributed by atoms with Crippen molar-refractivity contribution in [2.45, 2.75) is 69.4 Å². The molecule has 17 nitrogen and oxygen atoms in total. The zero-order valence-electron chi connectivity index (χ0n) is 31.0. The molecule has 6 atom stereocenters. The number of amides is 6. The van der Waals surface area contributed by atoms with E-state index in [-0.39, 0.29) is 36.6 Å². The SMILES string of the molecule is C[C@@H]1NC(=O)[C@H]([C@@H](C)O)NC(=O)[C@@H]2C[C@H](NC(=O)c3nn(C)cc3Cl)CN2C(=O)[C@@H](Cc2c[nH]c3ccccc23)NC(=O)COc2ccc(cc2)CCNC1=O. The highest BCUT2D eigenvalue weighted by Crippen LogP contribution is 2.25. The predicted molar refractivity (Wildman–Crippen MR) is 203 cm³/mol. The van der Waals surface area contributed by atoms with Gasteiger partial charge in [-0.25, -0.2) is 0 Å². The van der Waals surface area contributed by atoms with Crippen molar-refractivity contribution >= 4 is 57.9 Å². The summed E-state index contributed by atoms with van der Waals surface area (Å²) in [6.45, 7) is 2.43. The summed E-state index contributed by atoms with van der Waals surface area (Å²) >= 11 is 6.23. The van der Waals surface area contributed by atoms with E-state index in [2.05, 4.69) is 36.7 Å². The summed E-state index contributed by atoms with van der Waals surface area (Å²) < 4.78 is 7.13. The lowest BCUT2D eigenvalue weighted by atomic mass is 10.0. The van der Waals surface area contributed by atoms with Gasteiger partial charge in [0.15, 0.2) is 12.3 Å². The number of para-hydroxylation sites is 1. The van der Waals surface area contributed by atoms with Gasteiger partial charge < -0.3 is 46.3 Å². The van der Waals surface area contributed by atoms with Crippen LogP contribution in [-0.2, 0) is 43.9 Å². The number of nitrogens with one attached hydrogen (secondary N) is 6. The topological polar surface area (TPSA) is 229 Å². The molecular formula is C38H44ClN9O8. The van der Waals surface area contributed by atoms with E-state index in [1.54, 1.807) is 37.5 Å². The molecule has 7 N–H and O–H groups in total. The van der Waals surface area contributed by atoms with E-state index < -0.39 is 78.4 Å². The first-order valence-corrected chi connectivity index (χ1v) is 18.6. The average Bonchev–Trinajstić information content (AvgIpc) is 3.88. The second kappa shape index (κ2) is 17.2. The normalized spacial score (nSPS) is 23.5. The summed E-state index contributed by atoms with van der Waals surface area (Å²) in [5.41, 5.74) is 2.35. The zero-order chi connectivity index (χ0) is 40.1. The van der Waals surface area contributed by atoms with E-state index in [9.17, 15) is 33.9 Å². The first-order chi connectivity index (χ1) is 26.8. The molecule has 2 aromatic carbocycles. The molecule has 6 amide bonds. The number of ether oxygens (including phenoxy) is 1. The predicted octanol–water partition coefficient (Wildman–Crippen LogP) is 0.103. The number of aliphatic hydroxyl groups excluding tert-OH is 1. The molecule has 0 unspecified atom stereocenters. The smallest absolute Gasteiger partial charge is 0.273 e. The van der Waals surface area contributed by atoms with Gasteiger partial charge >= 0.3 is 0 Å². The molecule has 3 aliphatic rings. The number of hydrogen-bond acceptors (Lipinski definition) is 9. The molecule has 296 valence electrons. The van der Waals surface area contributed by atoms with Gasteiger partial charge in [-0.05, 0) is 56.0 Å². The van der Waals surface area contributed by atoms with Gasteiger partial charge in [0, 0.05) is 55.9 Å². The fourth-order valence-corrected chi connectivity index (χ4v) is 7.13. The number of carbonyl (C=O) groups is 6. The van der Waals surface area contributed by atoms with Gasteiger partial charge in [-0.1, -0.05) is 41.9 Å². The molecule has 0 aliphatic carbocycles. The van der Waals surface area contributed by atoms with Crippen molar-refractivity contribution in [3.05, 3.63) is 82.8 Å². The minimum absolute atomic E-state index is 0.0212. The molecule has 2 bridgehead atoms. The van der Waals surface area contributed by atoms with Gasteiger partial charge in [-0.2, -0.15) is 5.10 Å². The highest BCUT2D eigenvalue weighted by molar-refractivity contribution is 6.33. The highest BCUT2D eigenvalue weighted by Gasteiger charge is 2.44. The Morgan fingerprint density at radius 1 is 1.04 bits per heavy atom. The van der Waals surface area contributed by atoms with Crippen molar-refractivity contribution in [1.82, 2.24) is 46.2 Å². The second-order valence-electron chi connectivity index (χ2n) is 14.0. The summed E-state index contributed by atoms with van der Waals surface area (Å²) in [5, 5.41) is 29.1. The van der Waals surface area contributed by atoms with Crippen LogP contribution in [0.4, 0.5) is 0 Å². The van der Waals surface area contributed by atoms with Crippen LogP contribution < -0.4 is 31.3 Å². The Morgan fingerprint density at radius 2 is 1.79 bits per heavy atom. The number of aromatic nitrogens is 3. The van der Waals surface area contributed by atoms with Crippen molar-refractivity contribution in [3.63, 3.8) is 0 Å². The molecule has 5 heterocycles. The first-order valence-electron chi connectivity index (χ1n) is 18.2. The van der Waals surface area contributed by atoms with Gasteiger partial charge in [0.1, 0.15) is 29.9 Å². The standard InChI is InChI=1S/C38H44ClN9O8/c1-20-34(51)40-13-12-22-8-10-25(11-9-22)56-19-31(50)44-29(14-23-16-41-28-7-5-4-6-26(23)28)38(55)48-17-24(43-37(54)33-27(39)18-47(3)46-33)15-30(48)35(52)45-32(21(2)49)36(53)42-20/h4-11,16,18,20-21,24,29-30,32,41,49H,12-15,17,19H2,1-3H3,(H,40,51)(H,42,53)(H,43,54)(H,44,50)(H,45,52)/t20-,21+,24-,29+,30-,32-/m0/s1. The monoisotopic (exact) mass is 789 g/mol. The van der Waals surface area contributed by atoms with Crippen LogP contribution in [0.25, 0.3) is 10.9 Å². The summed E-state index contributed by atoms with van der Waals surface area (Å²) in [7, 11) is 1.60. The van der Waals surface area contributed by atoms with Crippen molar-refractivity contribution in [2.75, 3.05) is 19.7 Å². The van der Waals surface area contributed by atoms with Crippen LogP contribution in [0.2, 0.25) is 5.02 Å². The van der Waals surface area contributed by atoms with Crippen LogP contribution in [0.1, 0.15) is 41.9 Å². The number of rotatable bonds is 5. The first kappa shape index (κ1) is 39.7. The summed E-state index contributed by atoms with van der Waals surface area (Å²) in [4.78, 5) is 86.3. The van der Waals surface area contributed by atoms with Crippen LogP contribution in [0, 0.1) is 0 Å². The molecule has 56 heavy (non-hydrogen) atoms. The van der Waals surface area contributed by atoms with Gasteiger partial charge in [-0.15, -0.1) is 0 Å². The van der Waals surface area contributed by atoms with E-state index >= 15 is 0 Å². The number of halogens is 1. The van der Waals surface area contributed by atoms with Gasteiger partial charge in [0.2, 0.25) is 23.6 Å². The average molecular weight is 790 g/mol. The van der Waals surface area contributed by atoms with Crippen LogP contribution in [-0.4, -0.2) is 116 Å². The highest BCUT2D eigenvalue weighted by atomic mass is 35.5. The largest absolute Gasteiger partial charge is 0.484 e. The Bertz CT molecular complexity index is 2120. The Balaban J connectivity index is 1.34. The third-order valence-corrected chi connectivity index (χ3v) is 10.1. The maximum absolute atomic E-state index is 14.7. The zero-order valence-corrected chi connectivity index (χ0v) is 31.8. The number of hydrogen-bond donors (Lipinski definition) is 7. The van der Waals surface area contributed by atoms with Gasteiger partial charge in [-0.3, -0.25) is 33.4 Å². The maximum Gasteiger partial charge on any atom is 0.273 e. The molecule has 18 heteroatoms. The lowest BCUT2D eigenvalue weighted by molar-refractivity contribution is -0.143. The summed E-state index contributed by atoms with van der Waals surface area (Å²) in [6, 6.07) is 8.58. The van der Waals surface area contributed by atoms with Crippen LogP contribution in [0.5, 0.6) is 5.75 Å². The fourth-order valence-electron chi connectivity index (χ4n) is 6.86. The Kier molecular flexibility index (Phi) is 12.2. The van der Waals surface area contributed by atoms with Crippen molar-refractivity contribution < 1.29 is 38.6 Å². The number of fused-ring (bicyclic) bond motifs is 17. The number of carbonyl (C=O) groups excluding carboxylic acids is 6. The van der Waals surface area contributed by atoms with E-state index in [0.717, 1.165) is 22.0 Å². The van der Waals surface area contributed by atoms with Crippen molar-refractivity contribution in [3.8, 4) is 5.75 Å². The molecule has 3 aliphatic heterocycles. The summed E-state index contributed by atoms with van der Waals surface area (Å²) in [6.07, 6.45) is 2.16. The van der Waals surface area contributed by atoms with Gasteiger partial charge in [0.05, 0.1) is 11.1 Å². The molecule has 4 aromatic rings. The fraction of sp³-hybridized carbons (Fsp3) is 0.395. The number of aromatic amines is 1. The van der Waals surface area contributed by atoms with E-state index in [0.29, 0.717) is 12.2 Å². The Morgan fingerprint density at radius 3 is 2.50 bits per heavy atom. The molecule has 0 spiro atoms. The molecule has 1 fully saturated rings. The third-order valence-electron chi connectivity index (χ3n) is 9.77. The van der Waals surface area contributed by atoms with Crippen LogP contribution in [0.3, 0.4) is 0 Å². The Hall–Kier alpha value is -5.94. The second-order valence-corrected chi connectivity index (χ2v) is 14.4. The minimum atomic E-state index is -1.52. The quantitative estimate of drug-likeness (QED) is 0.136. The molecule has 0 saturated carbocycles.